The fourth-order valence-corrected chi connectivity index (χ4v) is 3.83. The molecule has 0 radical (unpaired) electrons. The predicted molar refractivity (Wildman–Crippen MR) is 70.0 cm³/mol. The van der Waals surface area contributed by atoms with Gasteiger partial charge in [-0.2, -0.15) is 4.31 Å². The van der Waals surface area contributed by atoms with E-state index in [1.54, 1.807) is 19.1 Å². The maximum atomic E-state index is 12.4. The number of hydrogen-bond acceptors (Lipinski definition) is 4. The molecule has 1 aromatic rings. The smallest absolute Gasteiger partial charge is 0.310 e. The van der Waals surface area contributed by atoms with Crippen LogP contribution in [0.2, 0.25) is 0 Å². The Morgan fingerprint density at radius 1 is 1.42 bits per heavy atom. The molecule has 6 nitrogen and oxygen atoms in total. The Bertz CT molecular complexity index is 614. The lowest BCUT2D eigenvalue weighted by Crippen LogP contribution is -2.35. The van der Waals surface area contributed by atoms with Crippen LogP contribution < -0.4 is 5.73 Å². The van der Waals surface area contributed by atoms with Crippen LogP contribution in [0.1, 0.15) is 13.3 Å². The average molecular weight is 284 g/mol. The molecular formula is C12H16N2O4S. The van der Waals surface area contributed by atoms with E-state index < -0.39 is 21.4 Å². The quantitative estimate of drug-likeness (QED) is 0.798. The maximum absolute atomic E-state index is 12.4. The monoisotopic (exact) mass is 284 g/mol. The average Bonchev–Trinajstić information content (AvgIpc) is 2.74. The molecule has 2 rings (SSSR count). The highest BCUT2D eigenvalue weighted by molar-refractivity contribution is 7.89. The van der Waals surface area contributed by atoms with Crippen LogP contribution in [0.15, 0.2) is 29.2 Å². The molecule has 0 saturated carbocycles. The number of para-hydroxylation sites is 1. The van der Waals surface area contributed by atoms with E-state index in [0.29, 0.717) is 6.42 Å². The van der Waals surface area contributed by atoms with Gasteiger partial charge in [-0.3, -0.25) is 4.79 Å². The number of anilines is 1. The third kappa shape index (κ3) is 2.31. The summed E-state index contributed by atoms with van der Waals surface area (Å²) in [5.41, 5.74) is 4.82. The number of carbonyl (C=O) groups is 1. The number of hydrogen-bond donors (Lipinski definition) is 2. The molecule has 1 heterocycles. The van der Waals surface area contributed by atoms with Crippen LogP contribution in [0.3, 0.4) is 0 Å². The molecule has 1 aliphatic heterocycles. The molecule has 104 valence electrons. The first-order valence-electron chi connectivity index (χ1n) is 5.85. The van der Waals surface area contributed by atoms with E-state index in [1.165, 1.54) is 16.4 Å². The van der Waals surface area contributed by atoms with Gasteiger partial charge < -0.3 is 10.8 Å². The third-order valence-electron chi connectivity index (χ3n) is 3.49. The van der Waals surface area contributed by atoms with E-state index >= 15 is 0 Å². The molecule has 19 heavy (non-hydrogen) atoms. The second kappa shape index (κ2) is 4.50. The molecule has 0 amide bonds. The maximum Gasteiger partial charge on any atom is 0.310 e. The Hall–Kier alpha value is -1.60. The number of nitrogens with zero attached hydrogens (tertiary/aromatic N) is 1. The Labute approximate surface area is 111 Å². The zero-order chi connectivity index (χ0) is 14.3. The molecule has 0 aromatic heterocycles. The molecule has 1 aliphatic rings. The Kier molecular flexibility index (Phi) is 3.27. The van der Waals surface area contributed by atoms with E-state index in [4.69, 9.17) is 10.8 Å². The van der Waals surface area contributed by atoms with Gasteiger partial charge in [0.05, 0.1) is 11.1 Å². The number of nitrogens with two attached hydrogens (primary N) is 1. The fraction of sp³-hybridized carbons (Fsp3) is 0.417. The van der Waals surface area contributed by atoms with Gasteiger partial charge in [-0.25, -0.2) is 8.42 Å². The lowest BCUT2D eigenvalue weighted by Gasteiger charge is -2.20. The molecule has 7 heteroatoms. The number of rotatable bonds is 3. The van der Waals surface area contributed by atoms with Crippen LogP contribution >= 0.6 is 0 Å². The minimum absolute atomic E-state index is 0.0288. The van der Waals surface area contributed by atoms with Gasteiger partial charge in [0.15, 0.2) is 0 Å². The van der Waals surface area contributed by atoms with Crippen molar-refractivity contribution in [1.82, 2.24) is 4.31 Å². The van der Waals surface area contributed by atoms with E-state index in [2.05, 4.69) is 0 Å². The highest BCUT2D eigenvalue weighted by Crippen LogP contribution is 2.34. The van der Waals surface area contributed by atoms with Crippen molar-refractivity contribution in [1.29, 1.82) is 0 Å². The molecule has 0 aliphatic carbocycles. The Morgan fingerprint density at radius 3 is 2.58 bits per heavy atom. The van der Waals surface area contributed by atoms with Crippen LogP contribution in [-0.2, 0) is 14.8 Å². The summed E-state index contributed by atoms with van der Waals surface area (Å²) < 4.78 is 26.0. The SMILES string of the molecule is CC1(C(=O)O)CCN(S(=O)(=O)c2ccccc2N)C1. The van der Waals surface area contributed by atoms with Gasteiger partial charge >= 0.3 is 5.97 Å². The molecule has 1 aromatic carbocycles. The van der Waals surface area contributed by atoms with Crippen molar-refractivity contribution < 1.29 is 18.3 Å². The third-order valence-corrected chi connectivity index (χ3v) is 5.41. The predicted octanol–water partition coefficient (Wildman–Crippen LogP) is 0.754. The zero-order valence-electron chi connectivity index (χ0n) is 10.5. The van der Waals surface area contributed by atoms with Crippen molar-refractivity contribution in [3.63, 3.8) is 0 Å². The first-order chi connectivity index (χ1) is 8.77. The van der Waals surface area contributed by atoms with E-state index in [0.717, 1.165) is 0 Å². The molecule has 3 N–H and O–H groups in total. The number of aliphatic carboxylic acids is 1. The molecule has 0 bridgehead atoms. The molecule has 1 fully saturated rings. The molecule has 1 saturated heterocycles. The highest BCUT2D eigenvalue weighted by atomic mass is 32.2. The lowest BCUT2D eigenvalue weighted by atomic mass is 9.90. The van der Waals surface area contributed by atoms with E-state index in [-0.39, 0.29) is 23.7 Å². The summed E-state index contributed by atoms with van der Waals surface area (Å²) in [5.74, 6) is -0.980. The van der Waals surface area contributed by atoms with Gasteiger partial charge in [0.2, 0.25) is 10.0 Å². The van der Waals surface area contributed by atoms with Crippen molar-refractivity contribution in [2.24, 2.45) is 5.41 Å². The highest BCUT2D eigenvalue weighted by Gasteiger charge is 2.45. The second-order valence-corrected chi connectivity index (χ2v) is 6.90. The van der Waals surface area contributed by atoms with Crippen LogP contribution in [0.4, 0.5) is 5.69 Å². The van der Waals surface area contributed by atoms with Crippen LogP contribution in [0, 0.1) is 5.41 Å². The van der Waals surface area contributed by atoms with Crippen molar-refractivity contribution in [3.8, 4) is 0 Å². The molecule has 1 unspecified atom stereocenters. The van der Waals surface area contributed by atoms with Gasteiger partial charge in [-0.1, -0.05) is 12.1 Å². The lowest BCUT2D eigenvalue weighted by molar-refractivity contribution is -0.146. The van der Waals surface area contributed by atoms with E-state index in [1.807, 2.05) is 0 Å². The number of carboxylic acids is 1. The van der Waals surface area contributed by atoms with Crippen molar-refractivity contribution in [3.05, 3.63) is 24.3 Å². The van der Waals surface area contributed by atoms with Gasteiger partial charge in [0.25, 0.3) is 0 Å². The number of nitrogen functional groups attached to an aromatic ring is 1. The van der Waals surface area contributed by atoms with Crippen LogP contribution in [-0.4, -0.2) is 36.9 Å². The Balaban J connectivity index is 2.34. The summed E-state index contributed by atoms with van der Waals surface area (Å²) in [5, 5.41) is 9.13. The summed E-state index contributed by atoms with van der Waals surface area (Å²) in [4.78, 5) is 11.2. The minimum Gasteiger partial charge on any atom is -0.481 e. The number of sulfonamides is 1. The summed E-state index contributed by atoms with van der Waals surface area (Å²) in [7, 11) is -3.73. The largest absolute Gasteiger partial charge is 0.481 e. The van der Waals surface area contributed by atoms with Crippen LogP contribution in [0.5, 0.6) is 0 Å². The molecule has 0 spiro atoms. The van der Waals surface area contributed by atoms with E-state index in [9.17, 15) is 13.2 Å². The van der Waals surface area contributed by atoms with Gasteiger partial charge in [-0.15, -0.1) is 0 Å². The van der Waals surface area contributed by atoms with Gasteiger partial charge in [0, 0.05) is 13.1 Å². The van der Waals surface area contributed by atoms with Gasteiger partial charge in [0.1, 0.15) is 4.90 Å². The second-order valence-electron chi connectivity index (χ2n) is 4.99. The first kappa shape index (κ1) is 13.8. The van der Waals surface area contributed by atoms with Crippen molar-refractivity contribution in [2.45, 2.75) is 18.2 Å². The first-order valence-corrected chi connectivity index (χ1v) is 7.29. The zero-order valence-corrected chi connectivity index (χ0v) is 11.4. The summed E-state index contributed by atoms with van der Waals surface area (Å²) in [6.07, 6.45) is 0.300. The van der Waals surface area contributed by atoms with Crippen LogP contribution in [0.25, 0.3) is 0 Å². The summed E-state index contributed by atoms with van der Waals surface area (Å²) in [6, 6.07) is 6.19. The normalized spacial score (nSPS) is 24.5. The van der Waals surface area contributed by atoms with Gasteiger partial charge in [-0.05, 0) is 25.5 Å². The molecule has 1 atom stereocenters. The fourth-order valence-electron chi connectivity index (χ4n) is 2.15. The standard InChI is InChI=1S/C12H16N2O4S/c1-12(11(15)16)6-7-14(8-12)19(17,18)10-5-3-2-4-9(10)13/h2-5H,6-8,13H2,1H3,(H,15,16). The Morgan fingerprint density at radius 2 is 2.05 bits per heavy atom. The summed E-state index contributed by atoms with van der Waals surface area (Å²) >= 11 is 0. The number of benzene rings is 1. The van der Waals surface area contributed by atoms with Crippen molar-refractivity contribution >= 4 is 21.7 Å². The molecular weight excluding hydrogens is 268 g/mol. The van der Waals surface area contributed by atoms with Crippen molar-refractivity contribution in [2.75, 3.05) is 18.8 Å². The topological polar surface area (TPSA) is 101 Å². The number of carboxylic acid groups (broad SMARTS) is 1. The summed E-state index contributed by atoms with van der Waals surface area (Å²) in [6.45, 7) is 1.72. The minimum atomic E-state index is -3.73.